The molecule has 0 saturated carbocycles. The molecule has 3 heteroatoms. The summed E-state index contributed by atoms with van der Waals surface area (Å²) in [5.41, 5.74) is 4.58. The van der Waals surface area contributed by atoms with Gasteiger partial charge in [0.25, 0.3) is 0 Å². The summed E-state index contributed by atoms with van der Waals surface area (Å²) in [4.78, 5) is 4.31. The van der Waals surface area contributed by atoms with Crippen molar-refractivity contribution in [3.8, 4) is 0 Å². The number of hydrogen-bond acceptors (Lipinski definition) is 3. The average Bonchev–Trinajstić information content (AvgIpc) is 2.29. The van der Waals surface area contributed by atoms with Crippen molar-refractivity contribution in [2.45, 2.75) is 19.3 Å². The Morgan fingerprint density at radius 2 is 2.36 bits per heavy atom. The molecular formula is C11H17N3. The van der Waals surface area contributed by atoms with E-state index >= 15 is 0 Å². The molecule has 0 radical (unpaired) electrons. The molecule has 0 spiro atoms. The maximum absolute atomic E-state index is 4.31. The van der Waals surface area contributed by atoms with Crippen LogP contribution in [0.5, 0.6) is 0 Å². The second-order valence-corrected chi connectivity index (χ2v) is 3.67. The highest BCUT2D eigenvalue weighted by molar-refractivity contribution is 5.03. The first-order chi connectivity index (χ1) is 6.95. The van der Waals surface area contributed by atoms with Crippen molar-refractivity contribution in [1.29, 1.82) is 0 Å². The summed E-state index contributed by atoms with van der Waals surface area (Å²) in [6.45, 7) is 3.37. The summed E-state index contributed by atoms with van der Waals surface area (Å²) < 4.78 is 0. The minimum absolute atomic E-state index is 1.04. The third-order valence-corrected chi connectivity index (χ3v) is 2.55. The van der Waals surface area contributed by atoms with E-state index in [9.17, 15) is 0 Å². The van der Waals surface area contributed by atoms with Crippen molar-refractivity contribution in [2.24, 2.45) is 0 Å². The maximum Gasteiger partial charge on any atom is 0.0416 e. The molecule has 1 aromatic heterocycles. The van der Waals surface area contributed by atoms with E-state index in [1.54, 1.807) is 0 Å². The van der Waals surface area contributed by atoms with Crippen LogP contribution in [0.4, 0.5) is 0 Å². The van der Waals surface area contributed by atoms with Gasteiger partial charge in [-0.3, -0.25) is 10.4 Å². The molecule has 1 saturated heterocycles. The van der Waals surface area contributed by atoms with E-state index < -0.39 is 0 Å². The van der Waals surface area contributed by atoms with Crippen LogP contribution in [0.1, 0.15) is 18.5 Å². The largest absolute Gasteiger partial charge is 0.261 e. The van der Waals surface area contributed by atoms with Gasteiger partial charge >= 0.3 is 0 Å². The lowest BCUT2D eigenvalue weighted by Gasteiger charge is -2.27. The molecule has 0 bridgehead atoms. The summed E-state index contributed by atoms with van der Waals surface area (Å²) in [5, 5.41) is 2.30. The zero-order valence-corrected chi connectivity index (χ0v) is 8.45. The normalized spacial score (nSPS) is 18.3. The molecule has 0 aromatic carbocycles. The number of rotatable bonds is 3. The minimum Gasteiger partial charge on any atom is -0.261 e. The maximum atomic E-state index is 4.31. The molecule has 0 atom stereocenters. The van der Waals surface area contributed by atoms with Gasteiger partial charge in [0, 0.05) is 37.9 Å². The van der Waals surface area contributed by atoms with Gasteiger partial charge in [-0.25, -0.2) is 5.01 Å². The highest BCUT2D eigenvalue weighted by atomic mass is 15.5. The molecule has 0 unspecified atom stereocenters. The van der Waals surface area contributed by atoms with Gasteiger partial charge in [0.2, 0.25) is 0 Å². The predicted octanol–water partition coefficient (Wildman–Crippen LogP) is 1.22. The Bertz CT molecular complexity index is 254. The van der Waals surface area contributed by atoms with Crippen LogP contribution < -0.4 is 5.43 Å². The average molecular weight is 191 g/mol. The molecule has 76 valence electrons. The standard InChI is InChI=1S/C11H17N3/c1-2-7-12-11(5-1)6-10-14-9-4-3-8-13-14/h1-2,5,7,13H,3-4,6,8-10H2. The monoisotopic (exact) mass is 191 g/mol. The molecule has 3 nitrogen and oxygen atoms in total. The van der Waals surface area contributed by atoms with Crippen molar-refractivity contribution >= 4 is 0 Å². The van der Waals surface area contributed by atoms with Crippen molar-refractivity contribution < 1.29 is 0 Å². The first-order valence-electron chi connectivity index (χ1n) is 5.33. The molecule has 0 amide bonds. The lowest BCUT2D eigenvalue weighted by molar-refractivity contribution is 0.154. The quantitative estimate of drug-likeness (QED) is 0.778. The van der Waals surface area contributed by atoms with E-state index in [2.05, 4.69) is 21.5 Å². The summed E-state index contributed by atoms with van der Waals surface area (Å²) >= 11 is 0. The molecule has 2 heterocycles. The number of aromatic nitrogens is 1. The van der Waals surface area contributed by atoms with E-state index in [-0.39, 0.29) is 0 Å². The fourth-order valence-corrected chi connectivity index (χ4v) is 1.73. The van der Waals surface area contributed by atoms with Gasteiger partial charge in [0.05, 0.1) is 0 Å². The zero-order chi connectivity index (χ0) is 9.64. The zero-order valence-electron chi connectivity index (χ0n) is 8.45. The van der Waals surface area contributed by atoms with Crippen molar-refractivity contribution in [2.75, 3.05) is 19.6 Å². The fourth-order valence-electron chi connectivity index (χ4n) is 1.73. The number of nitrogens with zero attached hydrogens (tertiary/aromatic N) is 2. The Labute approximate surface area is 85.1 Å². The first kappa shape index (κ1) is 9.62. The van der Waals surface area contributed by atoms with Gasteiger partial charge < -0.3 is 0 Å². The summed E-state index contributed by atoms with van der Waals surface area (Å²) in [5.74, 6) is 0. The number of hydrogen-bond donors (Lipinski definition) is 1. The van der Waals surface area contributed by atoms with Crippen molar-refractivity contribution in [1.82, 2.24) is 15.4 Å². The Hall–Kier alpha value is -0.930. The second-order valence-electron chi connectivity index (χ2n) is 3.67. The molecule has 2 rings (SSSR count). The Morgan fingerprint density at radius 3 is 3.07 bits per heavy atom. The van der Waals surface area contributed by atoms with Crippen LogP contribution >= 0.6 is 0 Å². The van der Waals surface area contributed by atoms with E-state index in [1.807, 2.05) is 18.3 Å². The van der Waals surface area contributed by atoms with Crippen LogP contribution in [-0.2, 0) is 6.42 Å². The molecular weight excluding hydrogens is 174 g/mol. The third kappa shape index (κ3) is 2.79. The molecule has 1 fully saturated rings. The van der Waals surface area contributed by atoms with E-state index in [0.29, 0.717) is 0 Å². The van der Waals surface area contributed by atoms with Gasteiger partial charge in [0.1, 0.15) is 0 Å². The lowest BCUT2D eigenvalue weighted by atomic mass is 10.2. The Balaban J connectivity index is 1.76. The molecule has 14 heavy (non-hydrogen) atoms. The van der Waals surface area contributed by atoms with Gasteiger partial charge in [-0.05, 0) is 25.0 Å². The minimum atomic E-state index is 1.04. The predicted molar refractivity (Wildman–Crippen MR) is 56.8 cm³/mol. The van der Waals surface area contributed by atoms with Gasteiger partial charge in [0.15, 0.2) is 0 Å². The highest BCUT2D eigenvalue weighted by Gasteiger charge is 2.08. The molecule has 1 aromatic rings. The number of pyridine rings is 1. The van der Waals surface area contributed by atoms with Crippen molar-refractivity contribution in [3.63, 3.8) is 0 Å². The van der Waals surface area contributed by atoms with E-state index in [4.69, 9.17) is 0 Å². The van der Waals surface area contributed by atoms with Gasteiger partial charge in [-0.1, -0.05) is 6.07 Å². The first-order valence-corrected chi connectivity index (χ1v) is 5.33. The van der Waals surface area contributed by atoms with Crippen LogP contribution in [0.25, 0.3) is 0 Å². The van der Waals surface area contributed by atoms with Crippen LogP contribution in [0, 0.1) is 0 Å². The van der Waals surface area contributed by atoms with Crippen molar-refractivity contribution in [3.05, 3.63) is 30.1 Å². The van der Waals surface area contributed by atoms with E-state index in [1.165, 1.54) is 25.1 Å². The van der Waals surface area contributed by atoms with Gasteiger partial charge in [-0.15, -0.1) is 0 Å². The Morgan fingerprint density at radius 1 is 1.36 bits per heavy atom. The van der Waals surface area contributed by atoms with Crippen LogP contribution in [0.3, 0.4) is 0 Å². The van der Waals surface area contributed by atoms with Crippen LogP contribution in [0.15, 0.2) is 24.4 Å². The van der Waals surface area contributed by atoms with Crippen LogP contribution in [-0.4, -0.2) is 29.6 Å². The van der Waals surface area contributed by atoms with Gasteiger partial charge in [-0.2, -0.15) is 0 Å². The smallest absolute Gasteiger partial charge is 0.0416 e. The molecule has 0 aliphatic carbocycles. The summed E-state index contributed by atoms with van der Waals surface area (Å²) in [6, 6.07) is 6.10. The van der Waals surface area contributed by atoms with E-state index in [0.717, 1.165) is 19.5 Å². The fraction of sp³-hybridized carbons (Fsp3) is 0.545. The molecule has 1 aliphatic heterocycles. The highest BCUT2D eigenvalue weighted by Crippen LogP contribution is 2.01. The molecule has 1 aliphatic rings. The number of nitrogens with one attached hydrogen (secondary N) is 1. The number of hydrazine groups is 1. The SMILES string of the molecule is c1ccc(CCN2CCCCN2)nc1. The summed E-state index contributed by atoms with van der Waals surface area (Å²) in [6.07, 6.45) is 5.52. The Kier molecular flexibility index (Phi) is 3.49. The topological polar surface area (TPSA) is 28.2 Å². The second kappa shape index (κ2) is 5.08. The van der Waals surface area contributed by atoms with Crippen LogP contribution in [0.2, 0.25) is 0 Å². The lowest BCUT2D eigenvalue weighted by Crippen LogP contribution is -2.44. The summed E-state index contributed by atoms with van der Waals surface area (Å²) in [7, 11) is 0. The third-order valence-electron chi connectivity index (χ3n) is 2.55. The molecule has 1 N–H and O–H groups in total.